The molecule has 1 amide bonds. The molecule has 0 atom stereocenters. The topological polar surface area (TPSA) is 20.3 Å². The Morgan fingerprint density at radius 3 is 2.38 bits per heavy atom. The molecule has 1 saturated heterocycles. The third-order valence-corrected chi connectivity index (χ3v) is 2.00. The van der Waals surface area contributed by atoms with Crippen molar-refractivity contribution in [2.75, 3.05) is 13.1 Å². The van der Waals surface area contributed by atoms with Crippen LogP contribution in [0.2, 0.25) is 0 Å². The molecule has 3 heteroatoms. The molecule has 0 aromatic heterocycles. The Hall–Kier alpha value is 0.200. The number of hydrogen-bond donors (Lipinski definition) is 0. The molecule has 1 aliphatic rings. The molecule has 0 aromatic rings. The first kappa shape index (κ1) is 6.32. The quantitative estimate of drug-likeness (QED) is 0.347. The second-order valence-electron chi connectivity index (χ2n) is 2.26. The predicted molar refractivity (Wildman–Crippen MR) is 40.2 cm³/mol. The summed E-state index contributed by atoms with van der Waals surface area (Å²) < 4.78 is 0.181. The van der Waals surface area contributed by atoms with Crippen LogP contribution in [0.25, 0.3) is 0 Å². The van der Waals surface area contributed by atoms with Crippen LogP contribution in [-0.4, -0.2) is 21.9 Å². The van der Waals surface area contributed by atoms with Gasteiger partial charge in [0, 0.05) is 35.7 Å². The second-order valence-corrected chi connectivity index (χ2v) is 3.19. The summed E-state index contributed by atoms with van der Waals surface area (Å²) in [6, 6.07) is 0. The van der Waals surface area contributed by atoms with Gasteiger partial charge in [0.1, 0.15) is 0 Å². The van der Waals surface area contributed by atoms with E-state index in [1.165, 1.54) is 0 Å². The molecule has 0 radical (unpaired) electrons. The van der Waals surface area contributed by atoms with Crippen LogP contribution in [0.5, 0.6) is 0 Å². The number of nitrogens with zero attached hydrogens (tertiary/aromatic N) is 1. The van der Waals surface area contributed by atoms with Gasteiger partial charge in [-0.25, -0.2) is 0 Å². The molecule has 0 spiro atoms. The maximum Gasteiger partial charge on any atom is 0.283 e. The van der Waals surface area contributed by atoms with Crippen molar-refractivity contribution in [2.24, 2.45) is 5.92 Å². The third kappa shape index (κ3) is 1.13. The van der Waals surface area contributed by atoms with Crippen molar-refractivity contribution in [3.63, 3.8) is 0 Å². The van der Waals surface area contributed by atoms with Crippen molar-refractivity contribution in [3.8, 4) is 0 Å². The van der Waals surface area contributed by atoms with Crippen LogP contribution < -0.4 is 0 Å². The van der Waals surface area contributed by atoms with E-state index in [2.05, 4.69) is 6.92 Å². The zero-order valence-electron chi connectivity index (χ0n) is 4.72. The fourth-order valence-corrected chi connectivity index (χ4v) is 1.24. The summed E-state index contributed by atoms with van der Waals surface area (Å²) in [6.45, 7) is 4.07. The third-order valence-electron chi connectivity index (χ3n) is 1.31. The van der Waals surface area contributed by atoms with Gasteiger partial charge in [0.05, 0.1) is 0 Å². The Morgan fingerprint density at radius 1 is 1.75 bits per heavy atom. The van der Waals surface area contributed by atoms with Crippen molar-refractivity contribution < 1.29 is 4.79 Å². The second kappa shape index (κ2) is 2.21. The summed E-state index contributed by atoms with van der Waals surface area (Å²) >= 11 is 1.82. The highest BCUT2D eigenvalue weighted by Gasteiger charge is 2.24. The zero-order valence-corrected chi connectivity index (χ0v) is 6.88. The number of carbonyl (C=O) groups excluding carboxylic acids is 1. The lowest BCUT2D eigenvalue weighted by Gasteiger charge is -2.35. The molecule has 1 fully saturated rings. The van der Waals surface area contributed by atoms with E-state index < -0.39 is 0 Å². The highest BCUT2D eigenvalue weighted by Crippen LogP contribution is 2.16. The molecule has 1 rings (SSSR count). The molecular weight excluding hydrogens is 217 g/mol. The van der Waals surface area contributed by atoms with E-state index in [1.54, 1.807) is 0 Å². The number of hydrogen-bond acceptors (Lipinski definition) is 1. The molecule has 1 aliphatic heterocycles. The van der Waals surface area contributed by atoms with Crippen LogP contribution in [0.4, 0.5) is 4.79 Å². The number of amides is 1. The van der Waals surface area contributed by atoms with Crippen LogP contribution in [-0.2, 0) is 0 Å². The van der Waals surface area contributed by atoms with Gasteiger partial charge in [-0.2, -0.15) is 0 Å². The first-order valence-electron chi connectivity index (χ1n) is 2.64. The van der Waals surface area contributed by atoms with Crippen LogP contribution in [0.15, 0.2) is 0 Å². The fraction of sp³-hybridized carbons (Fsp3) is 0.800. The molecule has 46 valence electrons. The van der Waals surface area contributed by atoms with Crippen LogP contribution in [0.3, 0.4) is 0 Å². The summed E-state index contributed by atoms with van der Waals surface area (Å²) in [5, 5.41) is 0. The fourth-order valence-electron chi connectivity index (χ4n) is 0.843. The summed E-state index contributed by atoms with van der Waals surface area (Å²) in [5.41, 5.74) is 0. The molecule has 0 unspecified atom stereocenters. The van der Waals surface area contributed by atoms with Gasteiger partial charge >= 0.3 is 0 Å². The van der Waals surface area contributed by atoms with E-state index in [4.69, 9.17) is 0 Å². The molecular formula is C5H8INO. The largest absolute Gasteiger partial charge is 0.333 e. The number of rotatable bonds is 0. The molecule has 0 saturated carbocycles. The van der Waals surface area contributed by atoms with Crippen molar-refractivity contribution in [2.45, 2.75) is 6.92 Å². The minimum Gasteiger partial charge on any atom is -0.333 e. The maximum atomic E-state index is 10.5. The lowest BCUT2D eigenvalue weighted by atomic mass is 10.1. The van der Waals surface area contributed by atoms with Gasteiger partial charge in [0.25, 0.3) is 3.91 Å². The zero-order chi connectivity index (χ0) is 6.15. The number of carbonyl (C=O) groups is 1. The van der Waals surface area contributed by atoms with Crippen molar-refractivity contribution in [1.82, 2.24) is 4.90 Å². The SMILES string of the molecule is CC1CN(C(=O)I)C1. The van der Waals surface area contributed by atoms with Gasteiger partial charge in [0.2, 0.25) is 0 Å². The van der Waals surface area contributed by atoms with Gasteiger partial charge in [-0.3, -0.25) is 4.79 Å². The average molecular weight is 225 g/mol. The molecule has 0 aliphatic carbocycles. The Kier molecular flexibility index (Phi) is 1.74. The van der Waals surface area contributed by atoms with Crippen LogP contribution >= 0.6 is 22.6 Å². The molecule has 0 N–H and O–H groups in total. The normalized spacial score (nSPS) is 20.5. The first-order chi connectivity index (χ1) is 3.70. The predicted octanol–water partition coefficient (Wildman–Crippen LogP) is 1.49. The Morgan fingerprint density at radius 2 is 2.25 bits per heavy atom. The lowest BCUT2D eigenvalue weighted by Crippen LogP contribution is -2.46. The molecule has 0 bridgehead atoms. The minimum atomic E-state index is 0.181. The smallest absolute Gasteiger partial charge is 0.283 e. The summed E-state index contributed by atoms with van der Waals surface area (Å²) in [5.74, 6) is 0.730. The highest BCUT2D eigenvalue weighted by atomic mass is 127. The van der Waals surface area contributed by atoms with E-state index in [1.807, 2.05) is 27.5 Å². The molecule has 8 heavy (non-hydrogen) atoms. The lowest BCUT2D eigenvalue weighted by molar-refractivity contribution is 0.153. The van der Waals surface area contributed by atoms with E-state index in [0.29, 0.717) is 0 Å². The van der Waals surface area contributed by atoms with E-state index in [9.17, 15) is 4.79 Å². The van der Waals surface area contributed by atoms with Crippen molar-refractivity contribution >= 4 is 26.5 Å². The van der Waals surface area contributed by atoms with Crippen LogP contribution in [0.1, 0.15) is 6.92 Å². The van der Waals surface area contributed by atoms with E-state index in [-0.39, 0.29) is 3.91 Å². The Bertz CT molecular complexity index is 109. The summed E-state index contributed by atoms with van der Waals surface area (Å²) in [6.07, 6.45) is 0. The standard InChI is InChI=1S/C5H8INO/c1-4-2-7(3-4)5(6)8/h4H,2-3H2,1H3. The summed E-state index contributed by atoms with van der Waals surface area (Å²) in [4.78, 5) is 12.3. The summed E-state index contributed by atoms with van der Waals surface area (Å²) in [7, 11) is 0. The Labute approximate surface area is 62.4 Å². The number of halogens is 1. The maximum absolute atomic E-state index is 10.5. The average Bonchev–Trinajstić information content (AvgIpc) is 1.57. The van der Waals surface area contributed by atoms with E-state index >= 15 is 0 Å². The first-order valence-corrected chi connectivity index (χ1v) is 3.72. The van der Waals surface area contributed by atoms with Gasteiger partial charge in [-0.05, 0) is 5.92 Å². The molecule has 1 heterocycles. The highest BCUT2D eigenvalue weighted by molar-refractivity contribution is 14.1. The van der Waals surface area contributed by atoms with Crippen molar-refractivity contribution in [3.05, 3.63) is 0 Å². The minimum absolute atomic E-state index is 0.181. The molecule has 0 aromatic carbocycles. The van der Waals surface area contributed by atoms with Crippen LogP contribution in [0, 0.1) is 5.92 Å². The molecule has 2 nitrogen and oxygen atoms in total. The number of likely N-dealkylation sites (tertiary alicyclic amines) is 1. The van der Waals surface area contributed by atoms with Gasteiger partial charge in [-0.15, -0.1) is 0 Å². The van der Waals surface area contributed by atoms with E-state index in [0.717, 1.165) is 19.0 Å². The monoisotopic (exact) mass is 225 g/mol. The van der Waals surface area contributed by atoms with Crippen molar-refractivity contribution in [1.29, 1.82) is 0 Å². The Balaban J connectivity index is 2.25. The van der Waals surface area contributed by atoms with Gasteiger partial charge in [-0.1, -0.05) is 6.92 Å². The van der Waals surface area contributed by atoms with Gasteiger partial charge in [0.15, 0.2) is 0 Å². The van der Waals surface area contributed by atoms with Gasteiger partial charge < -0.3 is 4.90 Å².